The monoisotopic (exact) mass is 413 g/mol. The van der Waals surface area contributed by atoms with Gasteiger partial charge in [-0.25, -0.2) is 0 Å². The number of Topliss-reactive ketones (excluding diaryl/α,β-unsaturated/α-hetero) is 1. The lowest BCUT2D eigenvalue weighted by Crippen LogP contribution is -2.38. The molecule has 31 heavy (non-hydrogen) atoms. The van der Waals surface area contributed by atoms with Gasteiger partial charge in [-0.2, -0.15) is 0 Å². The minimum absolute atomic E-state index is 0.229. The second-order valence-electron chi connectivity index (χ2n) is 8.54. The first-order valence-electron chi connectivity index (χ1n) is 11.0. The first kappa shape index (κ1) is 20.0. The van der Waals surface area contributed by atoms with Gasteiger partial charge in [-0.05, 0) is 58.9 Å². The molecule has 4 nitrogen and oxygen atoms in total. The predicted molar refractivity (Wildman–Crippen MR) is 121 cm³/mol. The van der Waals surface area contributed by atoms with Gasteiger partial charge in [0.15, 0.2) is 5.78 Å². The fraction of sp³-hybridized carbons (Fsp3) is 0.296. The highest BCUT2D eigenvalue weighted by atomic mass is 16.5. The van der Waals surface area contributed by atoms with E-state index in [0.29, 0.717) is 13.0 Å². The molecule has 5 rings (SSSR count). The van der Waals surface area contributed by atoms with Crippen LogP contribution in [0.4, 0.5) is 0 Å². The van der Waals surface area contributed by atoms with E-state index in [4.69, 9.17) is 4.74 Å². The van der Waals surface area contributed by atoms with Gasteiger partial charge < -0.3 is 9.84 Å². The number of fused-ring (bicyclic) bond motifs is 2. The Morgan fingerprint density at radius 1 is 0.871 bits per heavy atom. The molecule has 1 aliphatic carbocycles. The number of benzene rings is 3. The standard InChI is InChI=1S/C27H27NO3/c29-24(17-28-13-12-19-4-1-2-5-23(19)16-28)18-31-25-7-3-6-21(14-25)22-9-8-20-10-11-27(30)26(20)15-22/h1-9,14-15,24,29H,10-13,16-18H2. The molecule has 158 valence electrons. The number of β-amino-alcohol motifs (C(OH)–C–C–N with tert-alkyl or cyclic N) is 1. The Morgan fingerprint density at radius 3 is 2.61 bits per heavy atom. The van der Waals surface area contributed by atoms with E-state index in [2.05, 4.69) is 41.3 Å². The van der Waals surface area contributed by atoms with Crippen molar-refractivity contribution in [1.82, 2.24) is 4.90 Å². The molecule has 0 spiro atoms. The molecule has 0 bridgehead atoms. The smallest absolute Gasteiger partial charge is 0.163 e. The van der Waals surface area contributed by atoms with Crippen molar-refractivity contribution in [2.24, 2.45) is 0 Å². The maximum atomic E-state index is 12.1. The second kappa shape index (κ2) is 8.66. The molecule has 0 fully saturated rings. The maximum absolute atomic E-state index is 12.1. The molecule has 1 unspecified atom stereocenters. The van der Waals surface area contributed by atoms with Crippen LogP contribution in [0, 0.1) is 0 Å². The van der Waals surface area contributed by atoms with Gasteiger partial charge in [0, 0.05) is 31.6 Å². The molecule has 1 N–H and O–H groups in total. The van der Waals surface area contributed by atoms with Crippen LogP contribution >= 0.6 is 0 Å². The minimum atomic E-state index is -0.550. The molecule has 4 heteroatoms. The molecule has 0 aromatic heterocycles. The molecule has 0 amide bonds. The Labute approximate surface area is 183 Å². The highest BCUT2D eigenvalue weighted by Gasteiger charge is 2.20. The van der Waals surface area contributed by atoms with Crippen LogP contribution in [0.5, 0.6) is 5.75 Å². The van der Waals surface area contributed by atoms with Crippen LogP contribution in [-0.4, -0.2) is 41.6 Å². The fourth-order valence-corrected chi connectivity index (χ4v) is 4.64. The molecular formula is C27H27NO3. The van der Waals surface area contributed by atoms with E-state index in [1.165, 1.54) is 11.1 Å². The molecule has 0 saturated carbocycles. The largest absolute Gasteiger partial charge is 0.491 e. The van der Waals surface area contributed by atoms with E-state index >= 15 is 0 Å². The van der Waals surface area contributed by atoms with Crippen LogP contribution in [0.3, 0.4) is 0 Å². The Hall–Kier alpha value is -2.95. The zero-order chi connectivity index (χ0) is 21.2. The number of rotatable bonds is 6. The summed E-state index contributed by atoms with van der Waals surface area (Å²) in [6, 6.07) is 22.5. The molecule has 3 aromatic rings. The van der Waals surface area contributed by atoms with Gasteiger partial charge >= 0.3 is 0 Å². The quantitative estimate of drug-likeness (QED) is 0.655. The van der Waals surface area contributed by atoms with Crippen molar-refractivity contribution in [1.29, 1.82) is 0 Å². The summed E-state index contributed by atoms with van der Waals surface area (Å²) in [4.78, 5) is 14.4. The van der Waals surface area contributed by atoms with E-state index in [-0.39, 0.29) is 12.4 Å². The van der Waals surface area contributed by atoms with Gasteiger partial charge in [0.05, 0.1) is 0 Å². The highest BCUT2D eigenvalue weighted by Crippen LogP contribution is 2.30. The number of ether oxygens (including phenoxy) is 1. The zero-order valence-electron chi connectivity index (χ0n) is 17.6. The van der Waals surface area contributed by atoms with Crippen LogP contribution in [0.15, 0.2) is 66.7 Å². The van der Waals surface area contributed by atoms with Gasteiger partial charge in [-0.1, -0.05) is 48.5 Å². The van der Waals surface area contributed by atoms with E-state index in [9.17, 15) is 9.90 Å². The minimum Gasteiger partial charge on any atom is -0.491 e. The lowest BCUT2D eigenvalue weighted by molar-refractivity contribution is 0.0638. The number of aliphatic hydroxyl groups excluding tert-OH is 1. The van der Waals surface area contributed by atoms with Crippen molar-refractivity contribution in [3.63, 3.8) is 0 Å². The molecule has 2 aliphatic rings. The first-order chi connectivity index (χ1) is 15.2. The highest BCUT2D eigenvalue weighted by molar-refractivity contribution is 6.01. The third-order valence-electron chi connectivity index (χ3n) is 6.32. The van der Waals surface area contributed by atoms with Crippen LogP contribution in [0.2, 0.25) is 0 Å². The van der Waals surface area contributed by atoms with Crippen LogP contribution < -0.4 is 4.74 Å². The fourth-order valence-electron chi connectivity index (χ4n) is 4.64. The molecule has 0 radical (unpaired) electrons. The number of carbonyl (C=O) groups is 1. The van der Waals surface area contributed by atoms with Gasteiger partial charge in [0.1, 0.15) is 18.5 Å². The van der Waals surface area contributed by atoms with Crippen molar-refractivity contribution >= 4 is 5.78 Å². The van der Waals surface area contributed by atoms with Gasteiger partial charge in [-0.3, -0.25) is 9.69 Å². The molecule has 0 saturated heterocycles. The maximum Gasteiger partial charge on any atom is 0.163 e. The Kier molecular flexibility index (Phi) is 5.58. The van der Waals surface area contributed by atoms with E-state index in [1.807, 2.05) is 30.3 Å². The third-order valence-corrected chi connectivity index (χ3v) is 6.32. The van der Waals surface area contributed by atoms with Crippen LogP contribution in [0.25, 0.3) is 11.1 Å². The summed E-state index contributed by atoms with van der Waals surface area (Å²) in [6.45, 7) is 2.69. The van der Waals surface area contributed by atoms with Gasteiger partial charge in [-0.15, -0.1) is 0 Å². The number of nitrogens with zero attached hydrogens (tertiary/aromatic N) is 1. The third kappa shape index (κ3) is 4.41. The summed E-state index contributed by atoms with van der Waals surface area (Å²) in [5.74, 6) is 0.958. The summed E-state index contributed by atoms with van der Waals surface area (Å²) < 4.78 is 5.91. The lowest BCUT2D eigenvalue weighted by atomic mass is 10.00. The number of hydrogen-bond acceptors (Lipinski definition) is 4. The summed E-state index contributed by atoms with van der Waals surface area (Å²) in [5, 5.41) is 10.5. The molecule has 3 aromatic carbocycles. The van der Waals surface area contributed by atoms with Crippen molar-refractivity contribution in [3.05, 3.63) is 89.0 Å². The van der Waals surface area contributed by atoms with Crippen LogP contribution in [-0.2, 0) is 19.4 Å². The predicted octanol–water partition coefficient (Wildman–Crippen LogP) is 4.28. The summed E-state index contributed by atoms with van der Waals surface area (Å²) >= 11 is 0. The van der Waals surface area contributed by atoms with Gasteiger partial charge in [0.25, 0.3) is 0 Å². The summed E-state index contributed by atoms with van der Waals surface area (Å²) in [6.07, 6.45) is 1.93. The molecule has 1 heterocycles. The molecular weight excluding hydrogens is 386 g/mol. The Balaban J connectivity index is 1.20. The number of aryl methyl sites for hydroxylation is 1. The second-order valence-corrected chi connectivity index (χ2v) is 8.54. The van der Waals surface area contributed by atoms with E-state index in [0.717, 1.165) is 53.9 Å². The van der Waals surface area contributed by atoms with Crippen molar-refractivity contribution in [3.8, 4) is 16.9 Å². The molecule has 1 aliphatic heterocycles. The Morgan fingerprint density at radius 2 is 1.71 bits per heavy atom. The Bertz CT molecular complexity index is 1110. The van der Waals surface area contributed by atoms with Crippen molar-refractivity contribution in [2.75, 3.05) is 19.7 Å². The average molecular weight is 414 g/mol. The van der Waals surface area contributed by atoms with E-state index < -0.39 is 6.10 Å². The number of hydrogen-bond donors (Lipinski definition) is 1. The summed E-state index contributed by atoms with van der Waals surface area (Å²) in [7, 11) is 0. The average Bonchev–Trinajstić information content (AvgIpc) is 3.18. The number of carbonyl (C=O) groups excluding carboxylic acids is 1. The van der Waals surface area contributed by atoms with Crippen molar-refractivity contribution < 1.29 is 14.6 Å². The number of ketones is 1. The normalized spacial score (nSPS) is 16.6. The molecule has 1 atom stereocenters. The topological polar surface area (TPSA) is 49.8 Å². The van der Waals surface area contributed by atoms with E-state index in [1.54, 1.807) is 0 Å². The van der Waals surface area contributed by atoms with Gasteiger partial charge in [0.2, 0.25) is 0 Å². The zero-order valence-corrected chi connectivity index (χ0v) is 17.6. The van der Waals surface area contributed by atoms with Crippen molar-refractivity contribution in [2.45, 2.75) is 31.9 Å². The SMILES string of the molecule is O=C1CCc2ccc(-c3cccc(OCC(O)CN4CCc5ccccc5C4)c3)cc21. The number of aliphatic hydroxyl groups is 1. The lowest BCUT2D eigenvalue weighted by Gasteiger charge is -2.30. The first-order valence-corrected chi connectivity index (χ1v) is 11.0. The summed E-state index contributed by atoms with van der Waals surface area (Å²) in [5.41, 5.74) is 6.79. The van der Waals surface area contributed by atoms with Crippen LogP contribution in [0.1, 0.15) is 33.5 Å².